The Hall–Kier alpha value is -1.59. The molecule has 19 heavy (non-hydrogen) atoms. The average molecular weight is 263 g/mol. The number of amides is 1. The summed E-state index contributed by atoms with van der Waals surface area (Å²) in [5, 5.41) is 12.3. The van der Waals surface area contributed by atoms with Crippen LogP contribution >= 0.6 is 0 Å². The Morgan fingerprint density at radius 1 is 1.42 bits per heavy atom. The van der Waals surface area contributed by atoms with Crippen LogP contribution in [0.4, 0.5) is 0 Å². The molecule has 1 saturated heterocycles. The fourth-order valence-corrected chi connectivity index (χ4v) is 2.28. The Balaban J connectivity index is 1.89. The van der Waals surface area contributed by atoms with Gasteiger partial charge >= 0.3 is 0 Å². The summed E-state index contributed by atoms with van der Waals surface area (Å²) in [6, 6.07) is 6.74. The van der Waals surface area contributed by atoms with Crippen LogP contribution in [0.5, 0.6) is 5.75 Å². The normalized spacial score (nSPS) is 21.3. The number of likely N-dealkylation sites (N-methyl/N-ethyl adjacent to an activating group) is 2. The largest absolute Gasteiger partial charge is 0.508 e. The van der Waals surface area contributed by atoms with Gasteiger partial charge in [0.25, 0.3) is 5.91 Å². The second-order valence-electron chi connectivity index (χ2n) is 5.16. The van der Waals surface area contributed by atoms with Crippen LogP contribution in [0.3, 0.4) is 0 Å². The molecule has 0 saturated carbocycles. The third kappa shape index (κ3) is 3.68. The number of piperazine rings is 1. The summed E-state index contributed by atoms with van der Waals surface area (Å²) >= 11 is 0. The number of nitrogens with one attached hydrogen (secondary N) is 1. The molecule has 0 radical (unpaired) electrons. The van der Waals surface area contributed by atoms with Crippen LogP contribution in [0.25, 0.3) is 0 Å². The Kier molecular flexibility index (Phi) is 4.39. The van der Waals surface area contributed by atoms with Crippen molar-refractivity contribution in [1.82, 2.24) is 15.1 Å². The highest BCUT2D eigenvalue weighted by atomic mass is 16.3. The maximum Gasteiger partial charge on any atom is 0.251 e. The summed E-state index contributed by atoms with van der Waals surface area (Å²) in [6.07, 6.45) is 0. The van der Waals surface area contributed by atoms with E-state index in [4.69, 9.17) is 0 Å². The van der Waals surface area contributed by atoms with Gasteiger partial charge in [0.1, 0.15) is 5.75 Å². The number of phenols is 1. The fourth-order valence-electron chi connectivity index (χ4n) is 2.28. The van der Waals surface area contributed by atoms with Crippen molar-refractivity contribution in [1.29, 1.82) is 0 Å². The molecule has 5 nitrogen and oxygen atoms in total. The first-order chi connectivity index (χ1) is 9.06. The Labute approximate surface area is 113 Å². The molecule has 2 rings (SSSR count). The van der Waals surface area contributed by atoms with Crippen molar-refractivity contribution in [2.24, 2.45) is 0 Å². The zero-order chi connectivity index (χ0) is 13.8. The van der Waals surface area contributed by atoms with E-state index in [1.54, 1.807) is 18.2 Å². The number of rotatable bonds is 3. The molecule has 1 aliphatic rings. The van der Waals surface area contributed by atoms with Crippen LogP contribution in [0, 0.1) is 0 Å². The van der Waals surface area contributed by atoms with Gasteiger partial charge in [-0.1, -0.05) is 6.07 Å². The number of benzene rings is 1. The lowest BCUT2D eigenvalue weighted by atomic mass is 10.1. The predicted octanol–water partition coefficient (Wildman–Crippen LogP) is 0.368. The van der Waals surface area contributed by atoms with Gasteiger partial charge in [-0.05, 0) is 32.3 Å². The van der Waals surface area contributed by atoms with Gasteiger partial charge < -0.3 is 15.3 Å². The van der Waals surface area contributed by atoms with Crippen molar-refractivity contribution in [3.05, 3.63) is 29.8 Å². The third-order valence-electron chi connectivity index (χ3n) is 3.59. The standard InChI is InChI=1S/C14H21N3O2/c1-16-6-7-17(2)12(10-16)9-15-14(19)11-4-3-5-13(18)8-11/h3-5,8,12,18H,6-7,9-10H2,1-2H3,(H,15,19). The lowest BCUT2D eigenvalue weighted by molar-refractivity contribution is 0.0881. The molecule has 1 aromatic rings. The van der Waals surface area contributed by atoms with Gasteiger partial charge in [0.15, 0.2) is 0 Å². The van der Waals surface area contributed by atoms with E-state index in [0.717, 1.165) is 19.6 Å². The topological polar surface area (TPSA) is 55.8 Å². The number of carbonyl (C=O) groups excluding carboxylic acids is 1. The van der Waals surface area contributed by atoms with Crippen LogP contribution in [0.2, 0.25) is 0 Å². The number of nitrogens with zero attached hydrogens (tertiary/aromatic N) is 2. The molecule has 2 N–H and O–H groups in total. The maximum absolute atomic E-state index is 12.0. The van der Waals surface area contributed by atoms with E-state index in [9.17, 15) is 9.90 Å². The summed E-state index contributed by atoms with van der Waals surface area (Å²) in [7, 11) is 4.18. The van der Waals surface area contributed by atoms with Crippen molar-refractivity contribution in [3.8, 4) is 5.75 Å². The molecular formula is C14H21N3O2. The molecule has 1 amide bonds. The predicted molar refractivity (Wildman–Crippen MR) is 74.4 cm³/mol. The number of hydrogen-bond donors (Lipinski definition) is 2. The molecule has 0 aromatic heterocycles. The SMILES string of the molecule is CN1CCN(C)C(CNC(=O)c2cccc(O)c2)C1. The van der Waals surface area contributed by atoms with Crippen molar-refractivity contribution in [3.63, 3.8) is 0 Å². The Bertz CT molecular complexity index is 450. The number of carbonyl (C=O) groups is 1. The van der Waals surface area contributed by atoms with Gasteiger partial charge in [0.05, 0.1) is 0 Å². The number of hydrogen-bond acceptors (Lipinski definition) is 4. The number of phenolic OH excluding ortho intramolecular Hbond substituents is 1. The lowest BCUT2D eigenvalue weighted by Crippen LogP contribution is -2.54. The molecule has 0 spiro atoms. The van der Waals surface area contributed by atoms with E-state index < -0.39 is 0 Å². The molecule has 1 aliphatic heterocycles. The molecule has 1 unspecified atom stereocenters. The summed E-state index contributed by atoms with van der Waals surface area (Å²) in [6.45, 7) is 3.66. The van der Waals surface area contributed by atoms with Crippen molar-refractivity contribution < 1.29 is 9.90 Å². The zero-order valence-corrected chi connectivity index (χ0v) is 11.5. The summed E-state index contributed by atoms with van der Waals surface area (Å²) in [5.41, 5.74) is 0.492. The zero-order valence-electron chi connectivity index (χ0n) is 11.5. The monoisotopic (exact) mass is 263 g/mol. The number of aromatic hydroxyl groups is 1. The molecule has 5 heteroatoms. The molecule has 1 fully saturated rings. The molecule has 1 aromatic carbocycles. The third-order valence-corrected chi connectivity index (χ3v) is 3.59. The van der Waals surface area contributed by atoms with E-state index in [2.05, 4.69) is 29.2 Å². The second-order valence-corrected chi connectivity index (χ2v) is 5.16. The van der Waals surface area contributed by atoms with E-state index in [1.165, 1.54) is 6.07 Å². The maximum atomic E-state index is 12.0. The van der Waals surface area contributed by atoms with E-state index >= 15 is 0 Å². The van der Waals surface area contributed by atoms with Crippen molar-refractivity contribution in [2.75, 3.05) is 40.3 Å². The van der Waals surface area contributed by atoms with Crippen LogP contribution in [-0.2, 0) is 0 Å². The highest BCUT2D eigenvalue weighted by Gasteiger charge is 2.22. The van der Waals surface area contributed by atoms with Gasteiger partial charge in [-0.15, -0.1) is 0 Å². The molecule has 1 heterocycles. The van der Waals surface area contributed by atoms with E-state index in [0.29, 0.717) is 18.2 Å². The first-order valence-electron chi connectivity index (χ1n) is 6.52. The highest BCUT2D eigenvalue weighted by molar-refractivity contribution is 5.94. The molecule has 1 atom stereocenters. The van der Waals surface area contributed by atoms with Gasteiger partial charge in [-0.3, -0.25) is 9.69 Å². The smallest absolute Gasteiger partial charge is 0.251 e. The molecular weight excluding hydrogens is 242 g/mol. The van der Waals surface area contributed by atoms with Crippen LogP contribution in [0.1, 0.15) is 10.4 Å². The van der Waals surface area contributed by atoms with Crippen LogP contribution in [0.15, 0.2) is 24.3 Å². The minimum absolute atomic E-state index is 0.113. The molecule has 104 valence electrons. The Morgan fingerprint density at radius 2 is 2.21 bits per heavy atom. The first kappa shape index (κ1) is 13.8. The average Bonchev–Trinajstić information content (AvgIpc) is 2.39. The van der Waals surface area contributed by atoms with E-state index in [1.807, 2.05) is 0 Å². The minimum Gasteiger partial charge on any atom is -0.508 e. The van der Waals surface area contributed by atoms with Crippen LogP contribution < -0.4 is 5.32 Å². The quantitative estimate of drug-likeness (QED) is 0.827. The first-order valence-corrected chi connectivity index (χ1v) is 6.52. The summed E-state index contributed by atoms with van der Waals surface area (Å²) in [5.74, 6) is -0.0281. The van der Waals surface area contributed by atoms with Gasteiger partial charge in [0, 0.05) is 37.8 Å². The van der Waals surface area contributed by atoms with Crippen molar-refractivity contribution >= 4 is 5.91 Å². The lowest BCUT2D eigenvalue weighted by Gasteiger charge is -2.37. The van der Waals surface area contributed by atoms with Gasteiger partial charge in [0.2, 0.25) is 0 Å². The summed E-state index contributed by atoms with van der Waals surface area (Å²) < 4.78 is 0. The highest BCUT2D eigenvalue weighted by Crippen LogP contribution is 2.11. The summed E-state index contributed by atoms with van der Waals surface area (Å²) in [4.78, 5) is 16.5. The molecule has 0 bridgehead atoms. The molecule has 0 aliphatic carbocycles. The van der Waals surface area contributed by atoms with E-state index in [-0.39, 0.29) is 11.7 Å². The van der Waals surface area contributed by atoms with Crippen molar-refractivity contribution in [2.45, 2.75) is 6.04 Å². The van der Waals surface area contributed by atoms with Crippen LogP contribution in [-0.4, -0.2) is 67.1 Å². The fraction of sp³-hybridized carbons (Fsp3) is 0.500. The minimum atomic E-state index is -0.141. The second kappa shape index (κ2) is 6.04. The van der Waals surface area contributed by atoms with Gasteiger partial charge in [-0.25, -0.2) is 0 Å². The Morgan fingerprint density at radius 3 is 2.95 bits per heavy atom. The van der Waals surface area contributed by atoms with Gasteiger partial charge in [-0.2, -0.15) is 0 Å².